The van der Waals surface area contributed by atoms with Crippen molar-refractivity contribution in [2.45, 2.75) is 52.7 Å². The van der Waals surface area contributed by atoms with Gasteiger partial charge in [0.2, 0.25) is 5.91 Å². The second-order valence-corrected chi connectivity index (χ2v) is 8.57. The van der Waals surface area contributed by atoms with E-state index in [1.54, 1.807) is 4.68 Å². The van der Waals surface area contributed by atoms with E-state index >= 15 is 0 Å². The third-order valence-electron chi connectivity index (χ3n) is 5.33. The lowest BCUT2D eigenvalue weighted by Crippen LogP contribution is -2.42. The summed E-state index contributed by atoms with van der Waals surface area (Å²) in [6.07, 6.45) is 4.71. The molecule has 0 bridgehead atoms. The minimum absolute atomic E-state index is 0.0124. The molecule has 2 heterocycles. The highest BCUT2D eigenvalue weighted by atomic mass is 16.5. The largest absolute Gasteiger partial charge is 0.490 e. The molecule has 0 fully saturated rings. The van der Waals surface area contributed by atoms with E-state index in [1.807, 2.05) is 37.6 Å². The van der Waals surface area contributed by atoms with Crippen LogP contribution in [-0.4, -0.2) is 46.4 Å². The Balaban J connectivity index is 1.69. The standard InChI is InChI=1S/C23H34N4O3/c1-16(2)23(19-7-8-20-21(11-19)30-10-6-9-29-20)25-22(28)15-27(17(3)4)14-18-12-24-26(5)13-18/h7-8,11-13,16-17,23H,6,9-10,14-15H2,1-5H3,(H,25,28). The molecule has 7 nitrogen and oxygen atoms in total. The average molecular weight is 415 g/mol. The van der Waals surface area contributed by atoms with Gasteiger partial charge in [-0.1, -0.05) is 19.9 Å². The third-order valence-corrected chi connectivity index (χ3v) is 5.33. The van der Waals surface area contributed by atoms with Crippen LogP contribution in [0.5, 0.6) is 11.5 Å². The molecule has 2 aromatic rings. The van der Waals surface area contributed by atoms with Crippen LogP contribution in [0.1, 0.15) is 51.3 Å². The second-order valence-electron chi connectivity index (χ2n) is 8.57. The summed E-state index contributed by atoms with van der Waals surface area (Å²) in [6.45, 7) is 10.8. The fourth-order valence-electron chi connectivity index (χ4n) is 3.62. The molecule has 1 N–H and O–H groups in total. The number of amides is 1. The van der Waals surface area contributed by atoms with E-state index in [0.717, 1.165) is 29.0 Å². The zero-order valence-corrected chi connectivity index (χ0v) is 18.7. The molecule has 1 amide bonds. The van der Waals surface area contributed by atoms with Crippen LogP contribution in [0.15, 0.2) is 30.6 Å². The number of aryl methyl sites for hydroxylation is 1. The average Bonchev–Trinajstić information content (AvgIpc) is 2.96. The van der Waals surface area contributed by atoms with E-state index in [9.17, 15) is 4.79 Å². The van der Waals surface area contributed by atoms with Gasteiger partial charge in [-0.05, 0) is 37.5 Å². The smallest absolute Gasteiger partial charge is 0.234 e. The third kappa shape index (κ3) is 5.75. The van der Waals surface area contributed by atoms with Crippen molar-refractivity contribution in [3.63, 3.8) is 0 Å². The lowest BCUT2D eigenvalue weighted by atomic mass is 9.95. The van der Waals surface area contributed by atoms with Crippen LogP contribution in [0.2, 0.25) is 0 Å². The van der Waals surface area contributed by atoms with E-state index in [-0.39, 0.29) is 23.9 Å². The molecule has 7 heteroatoms. The molecule has 0 aliphatic carbocycles. The van der Waals surface area contributed by atoms with Crippen molar-refractivity contribution in [1.29, 1.82) is 0 Å². The van der Waals surface area contributed by atoms with Gasteiger partial charge in [-0.3, -0.25) is 14.4 Å². The van der Waals surface area contributed by atoms with E-state index in [2.05, 4.69) is 43.0 Å². The lowest BCUT2D eigenvalue weighted by Gasteiger charge is -2.28. The number of carbonyl (C=O) groups excluding carboxylic acids is 1. The molecule has 0 saturated carbocycles. The van der Waals surface area contributed by atoms with E-state index in [1.165, 1.54) is 0 Å². The van der Waals surface area contributed by atoms with Crippen LogP contribution in [0.3, 0.4) is 0 Å². The van der Waals surface area contributed by atoms with Gasteiger partial charge >= 0.3 is 0 Å². The molecule has 30 heavy (non-hydrogen) atoms. The molecule has 0 saturated heterocycles. The molecule has 3 rings (SSSR count). The van der Waals surface area contributed by atoms with Gasteiger partial charge in [-0.2, -0.15) is 5.10 Å². The number of carbonyl (C=O) groups is 1. The van der Waals surface area contributed by atoms with Gasteiger partial charge in [0.1, 0.15) is 0 Å². The Labute approximate surface area is 179 Å². The lowest BCUT2D eigenvalue weighted by molar-refractivity contribution is -0.123. The summed E-state index contributed by atoms with van der Waals surface area (Å²) in [4.78, 5) is 15.1. The summed E-state index contributed by atoms with van der Waals surface area (Å²) in [5, 5.41) is 7.46. The Morgan fingerprint density at radius 2 is 1.93 bits per heavy atom. The Hall–Kier alpha value is -2.54. The highest BCUT2D eigenvalue weighted by Gasteiger charge is 2.23. The first kappa shape index (κ1) is 22.2. The van der Waals surface area contributed by atoms with Gasteiger partial charge in [0.15, 0.2) is 11.5 Å². The normalized spacial score (nSPS) is 14.8. The first-order valence-corrected chi connectivity index (χ1v) is 10.7. The SMILES string of the molecule is CC(C)C(NC(=O)CN(Cc1cnn(C)c1)C(C)C)c1ccc2c(c1)OCCCO2. The fraction of sp³-hybridized carbons (Fsp3) is 0.565. The number of hydrogen-bond donors (Lipinski definition) is 1. The molecule has 1 aromatic heterocycles. The Morgan fingerprint density at radius 3 is 2.57 bits per heavy atom. The van der Waals surface area contributed by atoms with Crippen LogP contribution in [0.4, 0.5) is 0 Å². The summed E-state index contributed by atoms with van der Waals surface area (Å²) < 4.78 is 13.4. The van der Waals surface area contributed by atoms with Crippen LogP contribution < -0.4 is 14.8 Å². The highest BCUT2D eigenvalue weighted by Crippen LogP contribution is 2.34. The van der Waals surface area contributed by atoms with Gasteiger partial charge in [0, 0.05) is 37.8 Å². The number of aromatic nitrogens is 2. The van der Waals surface area contributed by atoms with E-state index < -0.39 is 0 Å². The maximum atomic E-state index is 13.0. The van der Waals surface area contributed by atoms with Crippen molar-refractivity contribution in [1.82, 2.24) is 20.0 Å². The summed E-state index contributed by atoms with van der Waals surface area (Å²) in [6, 6.07) is 6.12. The van der Waals surface area contributed by atoms with Crippen molar-refractivity contribution < 1.29 is 14.3 Å². The van der Waals surface area contributed by atoms with Crippen molar-refractivity contribution in [3.8, 4) is 11.5 Å². The van der Waals surface area contributed by atoms with Gasteiger partial charge in [-0.25, -0.2) is 0 Å². The summed E-state index contributed by atoms with van der Waals surface area (Å²) in [5.74, 6) is 1.78. The van der Waals surface area contributed by atoms with Crippen LogP contribution >= 0.6 is 0 Å². The fourth-order valence-corrected chi connectivity index (χ4v) is 3.62. The first-order chi connectivity index (χ1) is 14.3. The van der Waals surface area contributed by atoms with E-state index in [4.69, 9.17) is 9.47 Å². The van der Waals surface area contributed by atoms with Crippen LogP contribution in [-0.2, 0) is 18.4 Å². The molecule has 0 radical (unpaired) electrons. The molecule has 1 aliphatic heterocycles. The first-order valence-electron chi connectivity index (χ1n) is 10.7. The summed E-state index contributed by atoms with van der Waals surface area (Å²) in [5.41, 5.74) is 2.13. The molecule has 0 spiro atoms. The molecular formula is C23H34N4O3. The number of hydrogen-bond acceptors (Lipinski definition) is 5. The number of nitrogens with zero attached hydrogens (tertiary/aromatic N) is 3. The second kappa shape index (κ2) is 9.98. The summed E-state index contributed by atoms with van der Waals surface area (Å²) in [7, 11) is 1.90. The number of benzene rings is 1. The van der Waals surface area contributed by atoms with Crippen molar-refractivity contribution in [2.75, 3.05) is 19.8 Å². The molecule has 1 unspecified atom stereocenters. The zero-order chi connectivity index (χ0) is 21.7. The Kier molecular flexibility index (Phi) is 7.37. The van der Waals surface area contributed by atoms with Gasteiger partial charge in [-0.15, -0.1) is 0 Å². The maximum absolute atomic E-state index is 13.0. The molecule has 164 valence electrons. The van der Waals surface area contributed by atoms with Crippen molar-refractivity contribution >= 4 is 5.91 Å². The zero-order valence-electron chi connectivity index (χ0n) is 18.7. The Bertz CT molecular complexity index is 847. The van der Waals surface area contributed by atoms with Gasteiger partial charge in [0.25, 0.3) is 0 Å². The predicted molar refractivity (Wildman–Crippen MR) is 117 cm³/mol. The van der Waals surface area contributed by atoms with E-state index in [0.29, 0.717) is 26.3 Å². The highest BCUT2D eigenvalue weighted by molar-refractivity contribution is 5.78. The molecule has 1 atom stereocenters. The maximum Gasteiger partial charge on any atom is 0.234 e. The monoisotopic (exact) mass is 414 g/mol. The number of ether oxygens (including phenoxy) is 2. The number of rotatable bonds is 8. The summed E-state index contributed by atoms with van der Waals surface area (Å²) >= 11 is 0. The van der Waals surface area contributed by atoms with Gasteiger partial charge in [0.05, 0.1) is 32.0 Å². The Morgan fingerprint density at radius 1 is 1.20 bits per heavy atom. The molecule has 1 aliphatic rings. The van der Waals surface area contributed by atoms with Crippen molar-refractivity contribution in [3.05, 3.63) is 41.7 Å². The minimum Gasteiger partial charge on any atom is -0.490 e. The molecular weight excluding hydrogens is 380 g/mol. The predicted octanol–water partition coefficient (Wildman–Crippen LogP) is 3.31. The quantitative estimate of drug-likeness (QED) is 0.718. The number of nitrogens with one attached hydrogen (secondary N) is 1. The van der Waals surface area contributed by atoms with Crippen LogP contribution in [0.25, 0.3) is 0 Å². The van der Waals surface area contributed by atoms with Crippen LogP contribution in [0, 0.1) is 5.92 Å². The molecule has 1 aromatic carbocycles. The minimum atomic E-state index is -0.0953. The van der Waals surface area contributed by atoms with Crippen molar-refractivity contribution in [2.24, 2.45) is 13.0 Å². The topological polar surface area (TPSA) is 68.6 Å². The van der Waals surface area contributed by atoms with Gasteiger partial charge < -0.3 is 14.8 Å². The number of fused-ring (bicyclic) bond motifs is 1.